The van der Waals surface area contributed by atoms with E-state index in [2.05, 4.69) is 5.32 Å². The van der Waals surface area contributed by atoms with Gasteiger partial charge in [-0.05, 0) is 30.2 Å². The number of alkyl halides is 3. The van der Waals surface area contributed by atoms with Crippen molar-refractivity contribution in [2.75, 3.05) is 32.8 Å². The standard InChI is InChI=1S/C14H18F4N2O.ClH/c15-10-1-2-12(14(16,17)18)11(9-10)13(3-8-21)20-6-4-19-5-7-20;/h1-2,9,13,19,21H,3-8H2;1H/t13-;/m0./s1. The second-order valence-corrected chi connectivity index (χ2v) is 5.04. The molecule has 2 rings (SSSR count). The van der Waals surface area contributed by atoms with Crippen molar-refractivity contribution in [2.45, 2.75) is 18.6 Å². The van der Waals surface area contributed by atoms with E-state index in [9.17, 15) is 22.7 Å². The Morgan fingerprint density at radius 1 is 1.23 bits per heavy atom. The smallest absolute Gasteiger partial charge is 0.396 e. The number of aliphatic hydroxyl groups excluding tert-OH is 1. The van der Waals surface area contributed by atoms with Gasteiger partial charge in [-0.25, -0.2) is 4.39 Å². The van der Waals surface area contributed by atoms with Crippen LogP contribution in [0.25, 0.3) is 0 Å². The van der Waals surface area contributed by atoms with E-state index in [1.165, 1.54) is 0 Å². The van der Waals surface area contributed by atoms with Gasteiger partial charge in [-0.1, -0.05) is 0 Å². The number of halogens is 5. The van der Waals surface area contributed by atoms with Crippen molar-refractivity contribution in [1.82, 2.24) is 10.2 Å². The molecule has 3 nitrogen and oxygen atoms in total. The summed E-state index contributed by atoms with van der Waals surface area (Å²) in [4.78, 5) is 1.86. The summed E-state index contributed by atoms with van der Waals surface area (Å²) >= 11 is 0. The van der Waals surface area contributed by atoms with E-state index in [4.69, 9.17) is 0 Å². The van der Waals surface area contributed by atoms with Gasteiger partial charge in [0.1, 0.15) is 5.82 Å². The summed E-state index contributed by atoms with van der Waals surface area (Å²) in [6.07, 6.45) is -4.39. The Balaban J connectivity index is 0.00000242. The van der Waals surface area contributed by atoms with Crippen LogP contribution in [0.4, 0.5) is 17.6 Å². The highest BCUT2D eigenvalue weighted by atomic mass is 35.5. The van der Waals surface area contributed by atoms with Crippen LogP contribution in [-0.4, -0.2) is 42.8 Å². The van der Waals surface area contributed by atoms with Gasteiger partial charge in [0.05, 0.1) is 5.56 Å². The average molecular weight is 343 g/mol. The first-order chi connectivity index (χ1) is 9.93. The topological polar surface area (TPSA) is 35.5 Å². The van der Waals surface area contributed by atoms with Crippen molar-refractivity contribution in [3.05, 3.63) is 35.1 Å². The Hall–Kier alpha value is -0.890. The van der Waals surface area contributed by atoms with Crippen LogP contribution in [-0.2, 0) is 6.18 Å². The first-order valence-electron chi connectivity index (χ1n) is 6.85. The highest BCUT2D eigenvalue weighted by Gasteiger charge is 2.36. The molecule has 0 radical (unpaired) electrons. The number of nitrogens with zero attached hydrogens (tertiary/aromatic N) is 1. The predicted molar refractivity (Wildman–Crippen MR) is 77.5 cm³/mol. The molecule has 126 valence electrons. The van der Waals surface area contributed by atoms with Crippen molar-refractivity contribution in [3.63, 3.8) is 0 Å². The van der Waals surface area contributed by atoms with Gasteiger partial charge >= 0.3 is 6.18 Å². The molecule has 1 atom stereocenters. The maximum absolute atomic E-state index is 13.4. The maximum atomic E-state index is 13.4. The molecular formula is C14H19ClF4N2O. The van der Waals surface area contributed by atoms with Crippen molar-refractivity contribution in [2.24, 2.45) is 0 Å². The molecule has 8 heteroatoms. The van der Waals surface area contributed by atoms with E-state index < -0.39 is 23.6 Å². The minimum Gasteiger partial charge on any atom is -0.396 e. The van der Waals surface area contributed by atoms with E-state index in [0.29, 0.717) is 26.2 Å². The highest BCUT2D eigenvalue weighted by Crippen LogP contribution is 2.38. The minimum atomic E-state index is -4.54. The molecule has 0 amide bonds. The summed E-state index contributed by atoms with van der Waals surface area (Å²) in [6.45, 7) is 2.22. The molecule has 1 aliphatic rings. The van der Waals surface area contributed by atoms with Gasteiger partial charge in [0, 0.05) is 38.8 Å². The highest BCUT2D eigenvalue weighted by molar-refractivity contribution is 5.85. The summed E-state index contributed by atoms with van der Waals surface area (Å²) in [5.74, 6) is -0.698. The quantitative estimate of drug-likeness (QED) is 0.826. The molecule has 1 aromatic rings. The lowest BCUT2D eigenvalue weighted by molar-refractivity contribution is -0.139. The SMILES string of the molecule is Cl.OCC[C@@H](c1cc(F)ccc1C(F)(F)F)N1CCNCC1. The molecule has 0 aromatic heterocycles. The Labute approximate surface area is 132 Å². The zero-order chi connectivity index (χ0) is 15.5. The van der Waals surface area contributed by atoms with Crippen LogP contribution < -0.4 is 5.32 Å². The molecule has 0 unspecified atom stereocenters. The molecule has 0 spiro atoms. The van der Waals surface area contributed by atoms with Gasteiger partial charge in [0.25, 0.3) is 0 Å². The fourth-order valence-corrected chi connectivity index (χ4v) is 2.72. The summed E-state index contributed by atoms with van der Waals surface area (Å²) in [5, 5.41) is 12.3. The molecule has 1 aliphatic heterocycles. The molecule has 1 saturated heterocycles. The molecule has 0 aliphatic carbocycles. The van der Waals surface area contributed by atoms with E-state index in [1.807, 2.05) is 4.90 Å². The number of rotatable bonds is 4. The molecule has 1 fully saturated rings. The molecular weight excluding hydrogens is 324 g/mol. The van der Waals surface area contributed by atoms with Crippen LogP contribution in [0.15, 0.2) is 18.2 Å². The summed E-state index contributed by atoms with van der Waals surface area (Å²) in [6, 6.07) is 1.90. The first-order valence-corrected chi connectivity index (χ1v) is 6.85. The predicted octanol–water partition coefficient (Wildman–Crippen LogP) is 2.60. The van der Waals surface area contributed by atoms with Gasteiger partial charge in [0.2, 0.25) is 0 Å². The van der Waals surface area contributed by atoms with Crippen LogP contribution >= 0.6 is 12.4 Å². The van der Waals surface area contributed by atoms with Gasteiger partial charge in [-0.15, -0.1) is 12.4 Å². The summed E-state index contributed by atoms with van der Waals surface area (Å²) in [5.41, 5.74) is -0.931. The van der Waals surface area contributed by atoms with Gasteiger partial charge in [-0.2, -0.15) is 13.2 Å². The number of aliphatic hydroxyl groups is 1. The lowest BCUT2D eigenvalue weighted by Gasteiger charge is -2.36. The zero-order valence-electron chi connectivity index (χ0n) is 11.9. The van der Waals surface area contributed by atoms with Crippen molar-refractivity contribution in [3.8, 4) is 0 Å². The van der Waals surface area contributed by atoms with E-state index in [0.717, 1.165) is 18.2 Å². The lowest BCUT2D eigenvalue weighted by atomic mass is 9.95. The fraction of sp³-hybridized carbons (Fsp3) is 0.571. The Morgan fingerprint density at radius 2 is 1.86 bits per heavy atom. The fourth-order valence-electron chi connectivity index (χ4n) is 2.72. The number of nitrogens with one attached hydrogen (secondary N) is 1. The number of piperazine rings is 1. The van der Waals surface area contributed by atoms with Crippen LogP contribution in [0.5, 0.6) is 0 Å². The van der Waals surface area contributed by atoms with Gasteiger partial charge in [0.15, 0.2) is 0 Å². The molecule has 0 saturated carbocycles. The molecule has 0 bridgehead atoms. The van der Waals surface area contributed by atoms with Crippen molar-refractivity contribution < 1.29 is 22.7 Å². The maximum Gasteiger partial charge on any atom is 0.416 e. The van der Waals surface area contributed by atoms with E-state index in [1.54, 1.807) is 0 Å². The van der Waals surface area contributed by atoms with Crippen LogP contribution in [0.1, 0.15) is 23.6 Å². The summed E-state index contributed by atoms with van der Waals surface area (Å²) < 4.78 is 52.8. The molecule has 22 heavy (non-hydrogen) atoms. The average Bonchev–Trinajstić information content (AvgIpc) is 2.44. The zero-order valence-corrected chi connectivity index (χ0v) is 12.7. The minimum absolute atomic E-state index is 0. The van der Waals surface area contributed by atoms with Crippen molar-refractivity contribution >= 4 is 12.4 Å². The number of benzene rings is 1. The first kappa shape index (κ1) is 19.2. The Morgan fingerprint density at radius 3 is 2.41 bits per heavy atom. The summed E-state index contributed by atoms with van der Waals surface area (Å²) in [7, 11) is 0. The third-order valence-corrected chi connectivity index (χ3v) is 3.67. The van der Waals surface area contributed by atoms with E-state index >= 15 is 0 Å². The van der Waals surface area contributed by atoms with Gasteiger partial charge in [-0.3, -0.25) is 4.90 Å². The molecule has 2 N–H and O–H groups in total. The molecule has 1 heterocycles. The van der Waals surface area contributed by atoms with Crippen LogP contribution in [0, 0.1) is 5.82 Å². The lowest BCUT2D eigenvalue weighted by Crippen LogP contribution is -2.45. The largest absolute Gasteiger partial charge is 0.416 e. The molecule has 1 aromatic carbocycles. The third kappa shape index (κ3) is 4.55. The second-order valence-electron chi connectivity index (χ2n) is 5.04. The Bertz CT molecular complexity index is 478. The number of hydrogen-bond donors (Lipinski definition) is 2. The normalized spacial score (nSPS) is 17.9. The number of hydrogen-bond acceptors (Lipinski definition) is 3. The monoisotopic (exact) mass is 342 g/mol. The Kier molecular flexibility index (Phi) is 7.05. The van der Waals surface area contributed by atoms with E-state index in [-0.39, 0.29) is 31.0 Å². The van der Waals surface area contributed by atoms with Gasteiger partial charge < -0.3 is 10.4 Å². The van der Waals surface area contributed by atoms with Crippen LogP contribution in [0.2, 0.25) is 0 Å². The third-order valence-electron chi connectivity index (χ3n) is 3.67. The van der Waals surface area contributed by atoms with Crippen molar-refractivity contribution in [1.29, 1.82) is 0 Å². The second kappa shape index (κ2) is 8.10. The van der Waals surface area contributed by atoms with Crippen LogP contribution in [0.3, 0.4) is 0 Å².